The van der Waals surface area contributed by atoms with Gasteiger partial charge >= 0.3 is 17.9 Å². The minimum absolute atomic E-state index is 0.0202. The lowest BCUT2D eigenvalue weighted by Crippen LogP contribution is -2.51. The molecule has 1 atom stereocenters. The van der Waals surface area contributed by atoms with E-state index in [9.17, 15) is 34.5 Å². The maximum absolute atomic E-state index is 12.0. The number of likely N-dealkylation sites (N-methyl/N-ethyl adjacent to an activating group) is 1. The zero-order chi connectivity index (χ0) is 24.1. The number of rotatable bonds is 11. The van der Waals surface area contributed by atoms with Gasteiger partial charge in [0.25, 0.3) is 0 Å². The number of Topliss-reactive ketones (excluding diaryl/α,β-unsaturated/α-hetero) is 1. The van der Waals surface area contributed by atoms with Crippen LogP contribution in [0.3, 0.4) is 0 Å². The van der Waals surface area contributed by atoms with E-state index in [1.165, 1.54) is 0 Å². The quantitative estimate of drug-likeness (QED) is 0.372. The van der Waals surface area contributed by atoms with Crippen LogP contribution in [0.15, 0.2) is 0 Å². The molecule has 0 spiro atoms. The Morgan fingerprint density at radius 1 is 0.719 bits per heavy atom. The molecule has 184 valence electrons. The summed E-state index contributed by atoms with van der Waals surface area (Å²) in [7, 11) is 0. The van der Waals surface area contributed by atoms with Crippen molar-refractivity contribution in [1.82, 2.24) is 19.6 Å². The predicted octanol–water partition coefficient (Wildman–Crippen LogP) is -0.390. The smallest absolute Gasteiger partial charge is 0.320 e. The summed E-state index contributed by atoms with van der Waals surface area (Å²) in [6, 6.07) is -0.817. The summed E-state index contributed by atoms with van der Waals surface area (Å²) in [5, 5.41) is 28.3. The molecule has 1 fully saturated rings. The van der Waals surface area contributed by atoms with Crippen molar-refractivity contribution >= 4 is 23.7 Å². The van der Waals surface area contributed by atoms with Crippen molar-refractivity contribution in [3.05, 3.63) is 0 Å². The summed E-state index contributed by atoms with van der Waals surface area (Å²) in [5.74, 6) is -2.88. The zero-order valence-electron chi connectivity index (χ0n) is 19.2. The highest BCUT2D eigenvalue weighted by Crippen LogP contribution is 2.11. The first-order valence-electron chi connectivity index (χ1n) is 11.2. The van der Waals surface area contributed by atoms with Gasteiger partial charge in [-0.05, 0) is 13.0 Å². The highest BCUT2D eigenvalue weighted by Gasteiger charge is 2.27. The van der Waals surface area contributed by atoms with Crippen molar-refractivity contribution in [1.29, 1.82) is 0 Å². The second-order valence-corrected chi connectivity index (χ2v) is 8.09. The maximum atomic E-state index is 12.0. The van der Waals surface area contributed by atoms with E-state index in [2.05, 4.69) is 4.90 Å². The summed E-state index contributed by atoms with van der Waals surface area (Å²) in [5.41, 5.74) is 0. The molecule has 1 saturated heterocycles. The molecule has 32 heavy (non-hydrogen) atoms. The highest BCUT2D eigenvalue weighted by molar-refractivity contribution is 5.79. The van der Waals surface area contributed by atoms with E-state index in [1.807, 2.05) is 11.8 Å². The van der Waals surface area contributed by atoms with E-state index in [0.29, 0.717) is 58.8 Å². The second-order valence-electron chi connectivity index (χ2n) is 8.09. The number of ketones is 1. The largest absolute Gasteiger partial charge is 0.480 e. The normalized spacial score (nSPS) is 19.6. The highest BCUT2D eigenvalue weighted by atomic mass is 16.4. The molecular weight excluding hydrogens is 420 g/mol. The molecule has 0 saturated carbocycles. The minimum atomic E-state index is -0.992. The standard InChI is InChI=1S/C21H38N4O7/c1-3-17(26)5-6-18(21(31)32)25-13-11-22(4-2)7-8-23(15-19(27)28)9-10-24(12-14-25)16-20(29)30/h18H,3-16H2,1-2H3,(H,27,28)(H,29,30)(H,31,32). The van der Waals surface area contributed by atoms with Gasteiger partial charge in [-0.2, -0.15) is 0 Å². The number of aliphatic carboxylic acids is 3. The molecule has 0 bridgehead atoms. The number of carboxylic acid groups (broad SMARTS) is 3. The molecule has 0 radical (unpaired) electrons. The van der Waals surface area contributed by atoms with E-state index in [4.69, 9.17) is 0 Å². The number of carbonyl (C=O) groups is 4. The predicted molar refractivity (Wildman–Crippen MR) is 118 cm³/mol. The molecule has 1 aliphatic rings. The number of carboxylic acids is 3. The van der Waals surface area contributed by atoms with Crippen LogP contribution in [0.1, 0.15) is 33.1 Å². The van der Waals surface area contributed by atoms with Crippen LogP contribution >= 0.6 is 0 Å². The van der Waals surface area contributed by atoms with Crippen LogP contribution in [0.25, 0.3) is 0 Å². The monoisotopic (exact) mass is 458 g/mol. The van der Waals surface area contributed by atoms with E-state index < -0.39 is 23.9 Å². The summed E-state index contributed by atoms with van der Waals surface area (Å²) >= 11 is 0. The van der Waals surface area contributed by atoms with Gasteiger partial charge in [-0.15, -0.1) is 0 Å². The van der Waals surface area contributed by atoms with E-state index in [0.717, 1.165) is 6.54 Å². The molecule has 1 aliphatic heterocycles. The number of hydrogen-bond donors (Lipinski definition) is 3. The first-order valence-corrected chi connectivity index (χ1v) is 11.2. The van der Waals surface area contributed by atoms with Crippen LogP contribution in [0.4, 0.5) is 0 Å². The van der Waals surface area contributed by atoms with Gasteiger partial charge in [-0.3, -0.25) is 33.9 Å². The molecule has 1 rings (SSSR count). The lowest BCUT2D eigenvalue weighted by atomic mass is 10.1. The van der Waals surface area contributed by atoms with Crippen LogP contribution in [0, 0.1) is 0 Å². The molecule has 1 unspecified atom stereocenters. The third-order valence-electron chi connectivity index (χ3n) is 5.85. The Morgan fingerprint density at radius 2 is 1.16 bits per heavy atom. The Labute approximate surface area is 189 Å². The van der Waals surface area contributed by atoms with Gasteiger partial charge in [0, 0.05) is 65.2 Å². The first-order chi connectivity index (χ1) is 15.2. The molecule has 0 aromatic rings. The Bertz CT molecular complexity index is 631. The van der Waals surface area contributed by atoms with Gasteiger partial charge in [0.1, 0.15) is 11.8 Å². The van der Waals surface area contributed by atoms with Gasteiger partial charge in [0.2, 0.25) is 0 Å². The summed E-state index contributed by atoms with van der Waals surface area (Å²) in [6.07, 6.45) is 0.791. The summed E-state index contributed by atoms with van der Waals surface area (Å²) in [6.45, 7) is 7.85. The molecule has 0 aromatic carbocycles. The molecule has 0 amide bonds. The van der Waals surface area contributed by atoms with Crippen molar-refractivity contribution in [2.75, 3.05) is 72.0 Å². The molecule has 3 N–H and O–H groups in total. The maximum Gasteiger partial charge on any atom is 0.320 e. The fourth-order valence-corrected chi connectivity index (χ4v) is 3.82. The molecule has 11 heteroatoms. The first kappa shape index (κ1) is 28.0. The van der Waals surface area contributed by atoms with Crippen molar-refractivity contribution in [2.24, 2.45) is 0 Å². The minimum Gasteiger partial charge on any atom is -0.480 e. The zero-order valence-corrected chi connectivity index (χ0v) is 19.2. The molecule has 11 nitrogen and oxygen atoms in total. The lowest BCUT2D eigenvalue weighted by Gasteiger charge is -2.35. The van der Waals surface area contributed by atoms with Gasteiger partial charge in [-0.25, -0.2) is 0 Å². The number of nitrogens with zero attached hydrogens (tertiary/aromatic N) is 4. The Hall–Kier alpha value is -2.08. The third-order valence-corrected chi connectivity index (χ3v) is 5.85. The number of carbonyl (C=O) groups excluding carboxylic acids is 1. The summed E-state index contributed by atoms with van der Waals surface area (Å²) in [4.78, 5) is 53.8. The van der Waals surface area contributed by atoms with Gasteiger partial charge in [0.15, 0.2) is 0 Å². The van der Waals surface area contributed by atoms with Crippen LogP contribution in [0.2, 0.25) is 0 Å². The van der Waals surface area contributed by atoms with Gasteiger partial charge < -0.3 is 20.2 Å². The Morgan fingerprint density at radius 3 is 1.56 bits per heavy atom. The van der Waals surface area contributed by atoms with Crippen molar-refractivity contribution < 1.29 is 34.5 Å². The average molecular weight is 459 g/mol. The molecule has 1 heterocycles. The fraction of sp³-hybridized carbons (Fsp3) is 0.810. The van der Waals surface area contributed by atoms with Crippen LogP contribution in [-0.2, 0) is 19.2 Å². The van der Waals surface area contributed by atoms with E-state index in [-0.39, 0.29) is 31.7 Å². The van der Waals surface area contributed by atoms with Crippen LogP contribution in [-0.4, -0.2) is 137 Å². The Balaban J connectivity index is 3.02. The van der Waals surface area contributed by atoms with Crippen LogP contribution < -0.4 is 0 Å². The van der Waals surface area contributed by atoms with Crippen molar-refractivity contribution in [3.8, 4) is 0 Å². The van der Waals surface area contributed by atoms with E-state index >= 15 is 0 Å². The van der Waals surface area contributed by atoms with Gasteiger partial charge in [-0.1, -0.05) is 13.8 Å². The summed E-state index contributed by atoms with van der Waals surface area (Å²) < 4.78 is 0. The van der Waals surface area contributed by atoms with Crippen LogP contribution in [0.5, 0.6) is 0 Å². The second kappa shape index (κ2) is 14.9. The lowest BCUT2D eigenvalue weighted by molar-refractivity contribution is -0.144. The van der Waals surface area contributed by atoms with Crippen molar-refractivity contribution in [3.63, 3.8) is 0 Å². The number of hydrogen-bond acceptors (Lipinski definition) is 8. The third kappa shape index (κ3) is 11.0. The van der Waals surface area contributed by atoms with Gasteiger partial charge in [0.05, 0.1) is 13.1 Å². The van der Waals surface area contributed by atoms with Crippen molar-refractivity contribution in [2.45, 2.75) is 39.2 Å². The van der Waals surface area contributed by atoms with E-state index in [1.54, 1.807) is 16.7 Å². The Kier molecular flexibility index (Phi) is 13.0. The SMILES string of the molecule is CCC(=O)CCC(C(=O)O)N1CCN(CC)CCN(CC(=O)O)CCN(CC(=O)O)CC1. The average Bonchev–Trinajstić information content (AvgIpc) is 2.72. The topological polar surface area (TPSA) is 142 Å². The molecule has 0 aromatic heterocycles. The fourth-order valence-electron chi connectivity index (χ4n) is 3.82. The molecular formula is C21H38N4O7. The molecule has 0 aliphatic carbocycles.